The van der Waals surface area contributed by atoms with Crippen LogP contribution in [0.4, 0.5) is 0 Å². The molecular formula is C6H8N5OP. The topological polar surface area (TPSA) is 77.0 Å². The van der Waals surface area contributed by atoms with E-state index in [1.165, 1.54) is 4.45 Å². The molecule has 1 aliphatic heterocycles. The van der Waals surface area contributed by atoms with Gasteiger partial charge in [0.1, 0.15) is 5.69 Å². The fraction of sp³-hybridized carbons (Fsp3) is 0.167. The summed E-state index contributed by atoms with van der Waals surface area (Å²) in [6.45, 7) is 0.389. The van der Waals surface area contributed by atoms with Gasteiger partial charge in [-0.1, -0.05) is 11.3 Å². The minimum atomic E-state index is -0.278. The van der Waals surface area contributed by atoms with Crippen molar-refractivity contribution in [2.75, 3.05) is 6.54 Å². The van der Waals surface area contributed by atoms with Gasteiger partial charge in [0, 0.05) is 0 Å². The van der Waals surface area contributed by atoms with Crippen molar-refractivity contribution in [1.82, 2.24) is 19.8 Å². The van der Waals surface area contributed by atoms with Gasteiger partial charge in [0.15, 0.2) is 5.69 Å². The number of fused-ring (bicyclic) bond motifs is 1. The maximum Gasteiger partial charge on any atom is 0.288 e. The van der Waals surface area contributed by atoms with Gasteiger partial charge in [-0.3, -0.25) is 9.80 Å². The lowest BCUT2D eigenvalue weighted by molar-refractivity contribution is 0.0768. The highest BCUT2D eigenvalue weighted by Gasteiger charge is 2.22. The van der Waals surface area contributed by atoms with Gasteiger partial charge in [-0.15, -0.1) is 5.10 Å². The van der Waals surface area contributed by atoms with Crippen LogP contribution in [-0.2, 0) is 0 Å². The Balaban J connectivity index is 2.58. The highest BCUT2D eigenvalue weighted by atomic mass is 31.0. The van der Waals surface area contributed by atoms with Crippen LogP contribution >= 0.6 is 9.39 Å². The van der Waals surface area contributed by atoms with Crippen molar-refractivity contribution < 1.29 is 4.79 Å². The van der Waals surface area contributed by atoms with Gasteiger partial charge in [-0.25, -0.2) is 10.3 Å². The number of aromatic nitrogens is 3. The molecule has 1 aliphatic rings. The number of nitrogens with zero attached hydrogens (tertiary/aromatic N) is 4. The highest BCUT2D eigenvalue weighted by Crippen LogP contribution is 2.14. The Kier molecular flexibility index (Phi) is 1.86. The summed E-state index contributed by atoms with van der Waals surface area (Å²) in [5.74, 6) is 5.20. The van der Waals surface area contributed by atoms with Crippen LogP contribution in [0.5, 0.6) is 0 Å². The lowest BCUT2D eigenvalue weighted by Crippen LogP contribution is -2.37. The summed E-state index contributed by atoms with van der Waals surface area (Å²) in [5.41, 5.74) is 0.939. The average Bonchev–Trinajstić information content (AvgIpc) is 2.39. The van der Waals surface area contributed by atoms with Gasteiger partial charge in [0.05, 0.1) is 6.54 Å². The number of carbonyl (C=O) groups is 1. The van der Waals surface area contributed by atoms with E-state index in [0.717, 1.165) is 5.01 Å². The fourth-order valence-electron chi connectivity index (χ4n) is 1.12. The lowest BCUT2D eigenvalue weighted by Gasteiger charge is -2.11. The van der Waals surface area contributed by atoms with E-state index in [0.29, 0.717) is 17.9 Å². The molecular weight excluding hydrogens is 189 g/mol. The predicted octanol–water partition coefficient (Wildman–Crippen LogP) is -0.741. The first-order chi connectivity index (χ1) is 6.20. The van der Waals surface area contributed by atoms with Crippen molar-refractivity contribution in [1.29, 1.82) is 0 Å². The van der Waals surface area contributed by atoms with Crippen molar-refractivity contribution in [2.24, 2.45) is 5.84 Å². The molecule has 0 aliphatic carbocycles. The maximum absolute atomic E-state index is 11.6. The Hall–Kier alpha value is -1.26. The third kappa shape index (κ3) is 1.24. The van der Waals surface area contributed by atoms with E-state index in [2.05, 4.69) is 19.7 Å². The number of nitrogens with two attached hydrogens (primary N) is 1. The molecule has 7 heteroatoms. The molecule has 1 unspecified atom stereocenters. The number of hydrogen-bond donors (Lipinski definition) is 1. The molecule has 0 bridgehead atoms. The first kappa shape index (κ1) is 8.34. The molecule has 2 heterocycles. The highest BCUT2D eigenvalue weighted by molar-refractivity contribution is 7.14. The fourth-order valence-corrected chi connectivity index (χ4v) is 1.42. The largest absolute Gasteiger partial charge is 0.288 e. The monoisotopic (exact) mass is 197 g/mol. The second-order valence-electron chi connectivity index (χ2n) is 2.63. The number of carbonyl (C=O) groups excluding carboxylic acids is 1. The van der Waals surface area contributed by atoms with Crippen molar-refractivity contribution in [3.63, 3.8) is 0 Å². The molecule has 1 aromatic rings. The van der Waals surface area contributed by atoms with Crippen molar-refractivity contribution in [3.05, 3.63) is 17.5 Å². The van der Waals surface area contributed by atoms with Crippen LogP contribution in [-0.4, -0.2) is 32.2 Å². The van der Waals surface area contributed by atoms with Gasteiger partial charge in [-0.05, 0) is 15.5 Å². The molecule has 0 saturated carbocycles. The Morgan fingerprint density at radius 3 is 3.15 bits per heavy atom. The van der Waals surface area contributed by atoms with Crippen LogP contribution in [0.2, 0.25) is 0 Å². The Bertz CT molecular complexity index is 384. The molecule has 0 aromatic carbocycles. The number of hydrogen-bond acceptors (Lipinski definition) is 4. The molecule has 6 nitrogen and oxygen atoms in total. The van der Waals surface area contributed by atoms with Crippen molar-refractivity contribution in [3.8, 4) is 0 Å². The quantitative estimate of drug-likeness (QED) is 0.337. The van der Waals surface area contributed by atoms with Gasteiger partial charge < -0.3 is 0 Å². The third-order valence-corrected chi connectivity index (χ3v) is 2.12. The van der Waals surface area contributed by atoms with Crippen LogP contribution in [0.1, 0.15) is 16.2 Å². The van der Waals surface area contributed by atoms with Crippen LogP contribution in [0, 0.1) is 0 Å². The van der Waals surface area contributed by atoms with E-state index in [4.69, 9.17) is 5.84 Å². The van der Waals surface area contributed by atoms with Crippen molar-refractivity contribution >= 4 is 21.4 Å². The third-order valence-electron chi connectivity index (χ3n) is 1.76. The minimum absolute atomic E-state index is 0.278. The second-order valence-corrected chi connectivity index (χ2v) is 3.12. The molecule has 0 spiro atoms. The number of amides is 1. The predicted molar refractivity (Wildman–Crippen MR) is 49.4 cm³/mol. The van der Waals surface area contributed by atoms with Gasteiger partial charge in [0.2, 0.25) is 0 Å². The summed E-state index contributed by atoms with van der Waals surface area (Å²) in [7, 11) is 2.28. The van der Waals surface area contributed by atoms with E-state index in [9.17, 15) is 4.79 Å². The smallest absolute Gasteiger partial charge is 0.271 e. The summed E-state index contributed by atoms with van der Waals surface area (Å²) in [5, 5.41) is 8.62. The maximum atomic E-state index is 11.6. The van der Waals surface area contributed by atoms with E-state index in [1.807, 2.05) is 0 Å². The molecule has 0 fully saturated rings. The summed E-state index contributed by atoms with van der Waals surface area (Å²) in [6.07, 6.45) is 3.50. The molecule has 2 N–H and O–H groups in total. The zero-order valence-corrected chi connectivity index (χ0v) is 7.87. The molecule has 2 rings (SSSR count). The van der Waals surface area contributed by atoms with Crippen LogP contribution < -0.4 is 5.84 Å². The molecule has 1 amide bonds. The van der Waals surface area contributed by atoms with Gasteiger partial charge >= 0.3 is 0 Å². The SMILES string of the molecule is NN1CC=Cc2nnn(P)c2C1=O. The van der Waals surface area contributed by atoms with E-state index in [1.54, 1.807) is 12.2 Å². The lowest BCUT2D eigenvalue weighted by atomic mass is 10.3. The van der Waals surface area contributed by atoms with Gasteiger partial charge in [0.25, 0.3) is 5.91 Å². The number of hydrazine groups is 1. The molecule has 68 valence electrons. The standard InChI is InChI=1S/C6H8N5OP/c7-10-3-1-2-4-5(6(10)12)11(13)9-8-4/h1-2H,3,7,13H2. The first-order valence-electron chi connectivity index (χ1n) is 3.64. The summed E-state index contributed by atoms with van der Waals surface area (Å²) in [6, 6.07) is 0. The Morgan fingerprint density at radius 1 is 1.62 bits per heavy atom. The first-order valence-corrected chi connectivity index (χ1v) is 4.15. The van der Waals surface area contributed by atoms with E-state index >= 15 is 0 Å². The summed E-state index contributed by atoms with van der Waals surface area (Å²) >= 11 is 0. The molecule has 13 heavy (non-hydrogen) atoms. The minimum Gasteiger partial charge on any atom is -0.271 e. The van der Waals surface area contributed by atoms with E-state index in [-0.39, 0.29) is 5.91 Å². The molecule has 0 saturated heterocycles. The normalized spacial score (nSPS) is 15.8. The molecule has 1 atom stereocenters. The van der Waals surface area contributed by atoms with Gasteiger partial charge in [-0.2, -0.15) is 0 Å². The second kappa shape index (κ2) is 2.90. The van der Waals surface area contributed by atoms with Crippen LogP contribution in [0.15, 0.2) is 6.08 Å². The number of rotatable bonds is 0. The zero-order valence-electron chi connectivity index (χ0n) is 6.71. The summed E-state index contributed by atoms with van der Waals surface area (Å²) < 4.78 is 1.34. The Labute approximate surface area is 76.6 Å². The van der Waals surface area contributed by atoms with E-state index < -0.39 is 0 Å². The average molecular weight is 197 g/mol. The summed E-state index contributed by atoms with van der Waals surface area (Å²) in [4.78, 5) is 11.6. The zero-order chi connectivity index (χ0) is 9.42. The van der Waals surface area contributed by atoms with Crippen LogP contribution in [0.3, 0.4) is 0 Å². The van der Waals surface area contributed by atoms with Crippen LogP contribution in [0.25, 0.3) is 6.08 Å². The molecule has 1 aromatic heterocycles. The van der Waals surface area contributed by atoms with Crippen molar-refractivity contribution in [2.45, 2.75) is 0 Å². The molecule has 0 radical (unpaired) electrons. The Morgan fingerprint density at radius 2 is 2.38 bits per heavy atom.